The van der Waals surface area contributed by atoms with Crippen LogP contribution in [0.4, 0.5) is 0 Å². The van der Waals surface area contributed by atoms with Crippen LogP contribution in [0.2, 0.25) is 5.02 Å². The standard InChI is InChI=1S/C17H21ClN2O/c1-4-9-19-12(2)15-8-7-14(11-16(15)18)21-17-6-5-10-20-13(17)3/h5-8,10-12,19H,4,9H2,1-3H3. The van der Waals surface area contributed by atoms with Gasteiger partial charge >= 0.3 is 0 Å². The summed E-state index contributed by atoms with van der Waals surface area (Å²) in [6.07, 6.45) is 2.85. The van der Waals surface area contributed by atoms with Crippen molar-refractivity contribution in [1.82, 2.24) is 10.3 Å². The number of pyridine rings is 1. The quantitative estimate of drug-likeness (QED) is 0.824. The number of ether oxygens (including phenoxy) is 1. The van der Waals surface area contributed by atoms with E-state index in [4.69, 9.17) is 16.3 Å². The maximum Gasteiger partial charge on any atom is 0.148 e. The Bertz CT molecular complexity index is 601. The van der Waals surface area contributed by atoms with Crippen molar-refractivity contribution in [2.24, 2.45) is 0 Å². The van der Waals surface area contributed by atoms with Crippen LogP contribution in [0.3, 0.4) is 0 Å². The predicted octanol–water partition coefficient (Wildman–Crippen LogP) is 4.90. The van der Waals surface area contributed by atoms with Gasteiger partial charge in [-0.25, -0.2) is 0 Å². The summed E-state index contributed by atoms with van der Waals surface area (Å²) < 4.78 is 5.84. The first-order valence-corrected chi connectivity index (χ1v) is 7.62. The molecule has 0 spiro atoms. The summed E-state index contributed by atoms with van der Waals surface area (Å²) >= 11 is 6.37. The van der Waals surface area contributed by atoms with Crippen molar-refractivity contribution in [3.63, 3.8) is 0 Å². The largest absolute Gasteiger partial charge is 0.455 e. The Labute approximate surface area is 131 Å². The van der Waals surface area contributed by atoms with Crippen molar-refractivity contribution >= 4 is 11.6 Å². The second-order valence-corrected chi connectivity index (χ2v) is 5.46. The maximum atomic E-state index is 6.37. The van der Waals surface area contributed by atoms with E-state index in [9.17, 15) is 0 Å². The zero-order valence-electron chi connectivity index (χ0n) is 12.7. The van der Waals surface area contributed by atoms with E-state index in [0.29, 0.717) is 5.02 Å². The Kier molecular flexibility index (Phi) is 5.59. The lowest BCUT2D eigenvalue weighted by molar-refractivity contribution is 0.475. The Morgan fingerprint density at radius 1 is 1.33 bits per heavy atom. The maximum absolute atomic E-state index is 6.37. The number of aromatic nitrogens is 1. The van der Waals surface area contributed by atoms with Gasteiger partial charge in [-0.15, -0.1) is 0 Å². The molecule has 0 aliphatic rings. The summed E-state index contributed by atoms with van der Waals surface area (Å²) in [7, 11) is 0. The monoisotopic (exact) mass is 304 g/mol. The number of hydrogen-bond acceptors (Lipinski definition) is 3. The van der Waals surface area contributed by atoms with E-state index in [-0.39, 0.29) is 6.04 Å². The summed E-state index contributed by atoms with van der Waals surface area (Å²) in [5.74, 6) is 1.47. The van der Waals surface area contributed by atoms with E-state index in [2.05, 4.69) is 24.1 Å². The van der Waals surface area contributed by atoms with Gasteiger partial charge in [-0.05, 0) is 56.6 Å². The summed E-state index contributed by atoms with van der Waals surface area (Å²) in [6.45, 7) is 7.16. The molecule has 3 nitrogen and oxygen atoms in total. The Balaban J connectivity index is 2.14. The van der Waals surface area contributed by atoms with Crippen molar-refractivity contribution in [1.29, 1.82) is 0 Å². The van der Waals surface area contributed by atoms with Gasteiger partial charge in [-0.1, -0.05) is 24.6 Å². The minimum atomic E-state index is 0.228. The van der Waals surface area contributed by atoms with Crippen molar-refractivity contribution in [2.75, 3.05) is 6.54 Å². The molecule has 4 heteroatoms. The zero-order chi connectivity index (χ0) is 15.2. The fraction of sp³-hybridized carbons (Fsp3) is 0.353. The molecule has 0 saturated heterocycles. The Morgan fingerprint density at radius 3 is 2.81 bits per heavy atom. The Morgan fingerprint density at radius 2 is 2.14 bits per heavy atom. The third-order valence-corrected chi connectivity index (χ3v) is 3.65. The van der Waals surface area contributed by atoms with Crippen LogP contribution >= 0.6 is 11.6 Å². The molecule has 0 saturated carbocycles. The van der Waals surface area contributed by atoms with Crippen LogP contribution in [-0.4, -0.2) is 11.5 Å². The highest BCUT2D eigenvalue weighted by Gasteiger charge is 2.10. The average Bonchev–Trinajstić information content (AvgIpc) is 2.47. The van der Waals surface area contributed by atoms with Gasteiger partial charge in [-0.2, -0.15) is 0 Å². The van der Waals surface area contributed by atoms with E-state index < -0.39 is 0 Å². The van der Waals surface area contributed by atoms with Crippen molar-refractivity contribution in [3.05, 3.63) is 52.8 Å². The zero-order valence-corrected chi connectivity index (χ0v) is 13.4. The van der Waals surface area contributed by atoms with E-state index in [0.717, 1.165) is 35.7 Å². The molecule has 112 valence electrons. The number of halogens is 1. The first kappa shape index (κ1) is 15.8. The topological polar surface area (TPSA) is 34.1 Å². The van der Waals surface area contributed by atoms with Gasteiger partial charge in [0.15, 0.2) is 0 Å². The van der Waals surface area contributed by atoms with Gasteiger partial charge in [0.05, 0.1) is 5.69 Å². The Hall–Kier alpha value is -1.58. The minimum absolute atomic E-state index is 0.228. The van der Waals surface area contributed by atoms with E-state index >= 15 is 0 Å². The molecule has 0 aliphatic carbocycles. The summed E-state index contributed by atoms with van der Waals surface area (Å²) in [5, 5.41) is 4.15. The first-order chi connectivity index (χ1) is 10.1. The molecule has 1 N–H and O–H groups in total. The van der Waals surface area contributed by atoms with Gasteiger partial charge in [-0.3, -0.25) is 4.98 Å². The molecule has 0 fully saturated rings. The lowest BCUT2D eigenvalue weighted by atomic mass is 10.1. The number of aryl methyl sites for hydroxylation is 1. The molecular weight excluding hydrogens is 284 g/mol. The first-order valence-electron chi connectivity index (χ1n) is 7.24. The molecule has 1 heterocycles. The normalized spacial score (nSPS) is 12.2. The third-order valence-electron chi connectivity index (χ3n) is 3.33. The lowest BCUT2D eigenvalue weighted by Crippen LogP contribution is -2.19. The fourth-order valence-corrected chi connectivity index (χ4v) is 2.43. The highest BCUT2D eigenvalue weighted by atomic mass is 35.5. The molecular formula is C17H21ClN2O. The van der Waals surface area contributed by atoms with Crippen LogP contribution in [0, 0.1) is 6.92 Å². The second-order valence-electron chi connectivity index (χ2n) is 5.05. The van der Waals surface area contributed by atoms with Crippen LogP contribution in [0.25, 0.3) is 0 Å². The minimum Gasteiger partial charge on any atom is -0.455 e. The van der Waals surface area contributed by atoms with Crippen molar-refractivity contribution in [3.8, 4) is 11.5 Å². The van der Waals surface area contributed by atoms with Crippen molar-refractivity contribution in [2.45, 2.75) is 33.2 Å². The molecule has 2 aromatic rings. The molecule has 0 amide bonds. The number of nitrogens with one attached hydrogen (secondary N) is 1. The number of benzene rings is 1. The van der Waals surface area contributed by atoms with Gasteiger partial charge in [0.1, 0.15) is 11.5 Å². The molecule has 1 aromatic carbocycles. The van der Waals surface area contributed by atoms with Crippen LogP contribution < -0.4 is 10.1 Å². The summed E-state index contributed by atoms with van der Waals surface area (Å²) in [6, 6.07) is 9.79. The number of hydrogen-bond donors (Lipinski definition) is 1. The van der Waals surface area contributed by atoms with Crippen LogP contribution in [0.5, 0.6) is 11.5 Å². The SMILES string of the molecule is CCCNC(C)c1ccc(Oc2cccnc2C)cc1Cl. The fourth-order valence-electron chi connectivity index (χ4n) is 2.10. The van der Waals surface area contributed by atoms with Gasteiger partial charge in [0.2, 0.25) is 0 Å². The predicted molar refractivity (Wildman–Crippen MR) is 87.2 cm³/mol. The van der Waals surface area contributed by atoms with Crippen molar-refractivity contribution < 1.29 is 4.74 Å². The lowest BCUT2D eigenvalue weighted by Gasteiger charge is -2.16. The molecule has 1 aromatic heterocycles. The molecule has 2 rings (SSSR count). The highest BCUT2D eigenvalue weighted by molar-refractivity contribution is 6.31. The van der Waals surface area contributed by atoms with E-state index in [1.165, 1.54) is 0 Å². The summed E-state index contributed by atoms with van der Waals surface area (Å²) in [4.78, 5) is 4.21. The summed E-state index contributed by atoms with van der Waals surface area (Å²) in [5.41, 5.74) is 1.94. The number of nitrogens with zero attached hydrogens (tertiary/aromatic N) is 1. The van der Waals surface area contributed by atoms with Crippen LogP contribution in [0.15, 0.2) is 36.5 Å². The second kappa shape index (κ2) is 7.43. The van der Waals surface area contributed by atoms with E-state index in [1.807, 2.05) is 37.3 Å². The van der Waals surface area contributed by atoms with Crippen LogP contribution in [0.1, 0.15) is 37.6 Å². The average molecular weight is 305 g/mol. The molecule has 0 radical (unpaired) electrons. The van der Waals surface area contributed by atoms with Crippen LogP contribution in [-0.2, 0) is 0 Å². The molecule has 1 unspecified atom stereocenters. The highest BCUT2D eigenvalue weighted by Crippen LogP contribution is 2.30. The van der Waals surface area contributed by atoms with E-state index in [1.54, 1.807) is 6.20 Å². The third kappa shape index (κ3) is 4.19. The van der Waals surface area contributed by atoms with Gasteiger partial charge in [0.25, 0.3) is 0 Å². The molecule has 21 heavy (non-hydrogen) atoms. The smallest absolute Gasteiger partial charge is 0.148 e. The molecule has 1 atom stereocenters. The van der Waals surface area contributed by atoms with Gasteiger partial charge in [0, 0.05) is 17.3 Å². The number of rotatable bonds is 6. The molecule has 0 bridgehead atoms. The van der Waals surface area contributed by atoms with Gasteiger partial charge < -0.3 is 10.1 Å². The molecule has 0 aliphatic heterocycles.